The van der Waals surface area contributed by atoms with Crippen LogP contribution in [0, 0.1) is 5.92 Å². The van der Waals surface area contributed by atoms with Gasteiger partial charge in [0.1, 0.15) is 0 Å². The average molecular weight is 156 g/mol. The molecule has 0 aromatic carbocycles. The Bertz CT molecular complexity index is 194. The first kappa shape index (κ1) is 7.10. The summed E-state index contributed by atoms with van der Waals surface area (Å²) in [6, 6.07) is 0. The predicted octanol–water partition coefficient (Wildman–Crippen LogP) is 1.03. The van der Waals surface area contributed by atoms with E-state index in [2.05, 4.69) is 0 Å². The molecule has 2 aliphatic heterocycles. The largest absolute Gasteiger partial charge is 0.479 e. The third kappa shape index (κ3) is 0.872. The highest BCUT2D eigenvalue weighted by Gasteiger charge is 2.56. The van der Waals surface area contributed by atoms with E-state index in [0.29, 0.717) is 5.92 Å². The first-order valence-electron chi connectivity index (χ1n) is 4.04. The van der Waals surface area contributed by atoms with Crippen LogP contribution in [0.15, 0.2) is 0 Å². The van der Waals surface area contributed by atoms with Gasteiger partial charge in [0.25, 0.3) is 0 Å². The van der Waals surface area contributed by atoms with Gasteiger partial charge in [0.2, 0.25) is 0 Å². The second-order valence-electron chi connectivity index (χ2n) is 3.74. The van der Waals surface area contributed by atoms with Crippen molar-refractivity contribution in [3.8, 4) is 0 Å². The zero-order valence-electron chi connectivity index (χ0n) is 6.54. The van der Waals surface area contributed by atoms with E-state index in [9.17, 15) is 4.79 Å². The van der Waals surface area contributed by atoms with Gasteiger partial charge in [0.05, 0.1) is 6.10 Å². The molecule has 0 amide bonds. The molecule has 2 saturated heterocycles. The molecular formula is C8H12O3. The van der Waals surface area contributed by atoms with Crippen LogP contribution in [-0.4, -0.2) is 22.8 Å². The van der Waals surface area contributed by atoms with Gasteiger partial charge < -0.3 is 9.84 Å². The molecule has 2 heterocycles. The lowest BCUT2D eigenvalue weighted by molar-refractivity contribution is -0.226. The van der Waals surface area contributed by atoms with Crippen LogP contribution in [0.4, 0.5) is 0 Å². The lowest BCUT2D eigenvalue weighted by Gasteiger charge is -2.51. The van der Waals surface area contributed by atoms with Gasteiger partial charge in [-0.15, -0.1) is 0 Å². The summed E-state index contributed by atoms with van der Waals surface area (Å²) in [6.07, 6.45) is 2.63. The molecule has 11 heavy (non-hydrogen) atoms. The Balaban J connectivity index is 2.12. The number of hydrogen-bond donors (Lipinski definition) is 1. The van der Waals surface area contributed by atoms with E-state index < -0.39 is 11.6 Å². The Hall–Kier alpha value is -0.570. The Morgan fingerprint density at radius 2 is 2.27 bits per heavy atom. The SMILES string of the molecule is CC1CC2CC(C(=O)O)(C2)O1. The van der Waals surface area contributed by atoms with Gasteiger partial charge in [-0.2, -0.15) is 0 Å². The van der Waals surface area contributed by atoms with Crippen LogP contribution in [0.1, 0.15) is 26.2 Å². The first-order valence-corrected chi connectivity index (χ1v) is 4.04. The highest BCUT2D eigenvalue weighted by atomic mass is 16.5. The molecule has 62 valence electrons. The summed E-state index contributed by atoms with van der Waals surface area (Å²) in [5.74, 6) is -0.171. The molecule has 3 fully saturated rings. The minimum Gasteiger partial charge on any atom is -0.479 e. The summed E-state index contributed by atoms with van der Waals surface area (Å²) in [6.45, 7) is 1.95. The molecule has 0 spiro atoms. The van der Waals surface area contributed by atoms with Crippen LogP contribution in [0.5, 0.6) is 0 Å². The number of fused-ring (bicyclic) bond motifs is 2. The third-order valence-electron chi connectivity index (χ3n) is 2.72. The molecule has 3 rings (SSSR count). The molecule has 2 bridgehead atoms. The molecule has 1 N–H and O–H groups in total. The molecular weight excluding hydrogens is 144 g/mol. The van der Waals surface area contributed by atoms with E-state index in [1.807, 2.05) is 6.92 Å². The Morgan fingerprint density at radius 3 is 2.64 bits per heavy atom. The van der Waals surface area contributed by atoms with Gasteiger partial charge in [-0.3, -0.25) is 0 Å². The van der Waals surface area contributed by atoms with Crippen LogP contribution in [0.2, 0.25) is 0 Å². The fourth-order valence-corrected chi connectivity index (χ4v) is 2.26. The van der Waals surface area contributed by atoms with E-state index >= 15 is 0 Å². The predicted molar refractivity (Wildman–Crippen MR) is 38.3 cm³/mol. The molecule has 0 aromatic rings. The number of rotatable bonds is 1. The molecule has 1 aliphatic carbocycles. The van der Waals surface area contributed by atoms with Gasteiger partial charge >= 0.3 is 5.97 Å². The maximum absolute atomic E-state index is 10.7. The minimum atomic E-state index is -0.789. The Labute approximate surface area is 65.4 Å². The number of ether oxygens (including phenoxy) is 1. The molecule has 3 heteroatoms. The zero-order chi connectivity index (χ0) is 8.06. The van der Waals surface area contributed by atoms with Crippen molar-refractivity contribution in [1.29, 1.82) is 0 Å². The molecule has 3 nitrogen and oxygen atoms in total. The number of carbonyl (C=O) groups is 1. The van der Waals surface area contributed by atoms with Crippen LogP contribution in [-0.2, 0) is 9.53 Å². The van der Waals surface area contributed by atoms with Gasteiger partial charge in [-0.25, -0.2) is 4.79 Å². The van der Waals surface area contributed by atoms with Crippen molar-refractivity contribution in [3.05, 3.63) is 0 Å². The third-order valence-corrected chi connectivity index (χ3v) is 2.72. The normalized spacial score (nSPS) is 48.1. The van der Waals surface area contributed by atoms with Gasteiger partial charge in [0, 0.05) is 0 Å². The summed E-state index contributed by atoms with van der Waals surface area (Å²) in [4.78, 5) is 10.7. The topological polar surface area (TPSA) is 46.5 Å². The zero-order valence-corrected chi connectivity index (χ0v) is 6.54. The van der Waals surface area contributed by atoms with Crippen molar-refractivity contribution in [1.82, 2.24) is 0 Å². The van der Waals surface area contributed by atoms with E-state index in [0.717, 1.165) is 19.3 Å². The van der Waals surface area contributed by atoms with Crippen LogP contribution >= 0.6 is 0 Å². The summed E-state index contributed by atoms with van der Waals surface area (Å²) in [7, 11) is 0. The maximum atomic E-state index is 10.7. The maximum Gasteiger partial charge on any atom is 0.336 e. The van der Waals surface area contributed by atoms with Gasteiger partial charge in [0.15, 0.2) is 5.60 Å². The van der Waals surface area contributed by atoms with Crippen molar-refractivity contribution < 1.29 is 14.6 Å². The molecule has 1 atom stereocenters. The van der Waals surface area contributed by atoms with E-state index in [1.165, 1.54) is 0 Å². The number of carboxylic acids is 1. The van der Waals surface area contributed by atoms with Crippen molar-refractivity contribution in [2.45, 2.75) is 37.9 Å². The van der Waals surface area contributed by atoms with Crippen molar-refractivity contribution >= 4 is 5.97 Å². The quantitative estimate of drug-likeness (QED) is 0.616. The van der Waals surface area contributed by atoms with Crippen LogP contribution < -0.4 is 0 Å². The fraction of sp³-hybridized carbons (Fsp3) is 0.875. The number of aliphatic carboxylic acids is 1. The Morgan fingerprint density at radius 1 is 1.64 bits per heavy atom. The molecule has 0 aromatic heterocycles. The van der Waals surface area contributed by atoms with Gasteiger partial charge in [-0.1, -0.05) is 0 Å². The second-order valence-corrected chi connectivity index (χ2v) is 3.74. The summed E-state index contributed by atoms with van der Waals surface area (Å²) >= 11 is 0. The standard InChI is InChI=1S/C8H12O3/c1-5-2-6-3-8(4-6,11-5)7(9)10/h5-6H,2-4H2,1H3,(H,9,10). The van der Waals surface area contributed by atoms with Crippen molar-refractivity contribution in [2.24, 2.45) is 5.92 Å². The summed E-state index contributed by atoms with van der Waals surface area (Å²) in [5.41, 5.74) is -0.789. The molecule has 1 saturated carbocycles. The summed E-state index contributed by atoms with van der Waals surface area (Å²) in [5, 5.41) is 8.83. The fourth-order valence-electron chi connectivity index (χ4n) is 2.26. The number of hydrogen-bond acceptors (Lipinski definition) is 2. The van der Waals surface area contributed by atoms with Crippen LogP contribution in [0.25, 0.3) is 0 Å². The van der Waals surface area contributed by atoms with Crippen molar-refractivity contribution in [3.63, 3.8) is 0 Å². The highest BCUT2D eigenvalue weighted by molar-refractivity contribution is 5.79. The first-order chi connectivity index (χ1) is 5.12. The summed E-state index contributed by atoms with van der Waals surface area (Å²) < 4.78 is 5.40. The average Bonchev–Trinajstić information content (AvgIpc) is 1.83. The van der Waals surface area contributed by atoms with Crippen LogP contribution in [0.3, 0.4) is 0 Å². The van der Waals surface area contributed by atoms with E-state index in [1.54, 1.807) is 0 Å². The van der Waals surface area contributed by atoms with Gasteiger partial charge in [-0.05, 0) is 32.1 Å². The lowest BCUT2D eigenvalue weighted by Crippen LogP contribution is -2.58. The van der Waals surface area contributed by atoms with Crippen molar-refractivity contribution in [2.75, 3.05) is 0 Å². The smallest absolute Gasteiger partial charge is 0.336 e. The lowest BCUT2D eigenvalue weighted by atomic mass is 9.66. The van der Waals surface area contributed by atoms with E-state index in [4.69, 9.17) is 9.84 Å². The number of carboxylic acid groups (broad SMARTS) is 1. The monoisotopic (exact) mass is 156 g/mol. The highest BCUT2D eigenvalue weighted by Crippen LogP contribution is 2.49. The Kier molecular flexibility index (Phi) is 1.27. The molecule has 3 aliphatic rings. The van der Waals surface area contributed by atoms with E-state index in [-0.39, 0.29) is 6.10 Å². The second kappa shape index (κ2) is 1.97. The minimum absolute atomic E-state index is 0.138. The molecule has 1 unspecified atom stereocenters. The molecule has 0 radical (unpaired) electrons.